The molecule has 2 rings (SSSR count). The molecule has 0 aliphatic rings. The average Bonchev–Trinajstić information content (AvgIpc) is 2.95. The summed E-state index contributed by atoms with van der Waals surface area (Å²) in [4.78, 5) is 13.9. The van der Waals surface area contributed by atoms with Crippen LogP contribution in [0.5, 0.6) is 0 Å². The third kappa shape index (κ3) is 3.64. The summed E-state index contributed by atoms with van der Waals surface area (Å²) < 4.78 is 3.51. The predicted octanol–water partition coefficient (Wildman–Crippen LogP) is 1.94. The molecule has 2 aromatic rings. The second-order valence-corrected chi connectivity index (χ2v) is 5.61. The second-order valence-electron chi connectivity index (χ2n) is 5.23. The normalized spacial score (nSPS) is 10.9. The first-order valence-corrected chi connectivity index (χ1v) is 7.17. The number of carbonyl (C=O) groups is 1. The summed E-state index contributed by atoms with van der Waals surface area (Å²) >= 11 is 6.10. The lowest BCUT2D eigenvalue weighted by Crippen LogP contribution is -2.27. The van der Waals surface area contributed by atoms with Gasteiger partial charge in [-0.25, -0.2) is 0 Å². The summed E-state index contributed by atoms with van der Waals surface area (Å²) in [5, 5.41) is 9.10. The van der Waals surface area contributed by atoms with Gasteiger partial charge in [0.25, 0.3) is 0 Å². The predicted molar refractivity (Wildman–Crippen MR) is 81.0 cm³/mol. The van der Waals surface area contributed by atoms with Gasteiger partial charge in [0.2, 0.25) is 5.91 Å². The summed E-state index contributed by atoms with van der Waals surface area (Å²) in [5.74, 6) is 0.0718. The molecule has 0 aliphatic heterocycles. The van der Waals surface area contributed by atoms with Crippen molar-refractivity contribution in [1.82, 2.24) is 24.5 Å². The Labute approximate surface area is 129 Å². The molecule has 2 heterocycles. The summed E-state index contributed by atoms with van der Waals surface area (Å²) in [6, 6.07) is 0. The zero-order chi connectivity index (χ0) is 15.6. The molecular weight excluding hydrogens is 290 g/mol. The fraction of sp³-hybridized carbons (Fsp3) is 0.500. The van der Waals surface area contributed by atoms with E-state index in [2.05, 4.69) is 10.2 Å². The van der Waals surface area contributed by atoms with E-state index in [0.29, 0.717) is 24.5 Å². The van der Waals surface area contributed by atoms with E-state index in [1.54, 1.807) is 27.5 Å². The smallest absolute Gasteiger partial charge is 0.224 e. The number of rotatable bonds is 5. The topological polar surface area (TPSA) is 56.0 Å². The minimum Gasteiger partial charge on any atom is -0.341 e. The van der Waals surface area contributed by atoms with Crippen molar-refractivity contribution in [3.63, 3.8) is 0 Å². The molecular formula is C14H20ClN5O. The molecule has 0 unspecified atom stereocenters. The first kappa shape index (κ1) is 15.6. The van der Waals surface area contributed by atoms with Crippen LogP contribution < -0.4 is 0 Å². The molecule has 0 aromatic carbocycles. The van der Waals surface area contributed by atoms with Crippen molar-refractivity contribution in [2.24, 2.45) is 7.05 Å². The van der Waals surface area contributed by atoms with E-state index >= 15 is 0 Å². The zero-order valence-corrected chi connectivity index (χ0v) is 13.6. The standard InChI is InChI=1S/C14H20ClN5O/c1-10-14(15)11(2)20(17-10)6-5-13(21)18(3)8-12-7-16-19(4)9-12/h7,9H,5-6,8H2,1-4H3. The van der Waals surface area contributed by atoms with Crippen molar-refractivity contribution >= 4 is 17.5 Å². The van der Waals surface area contributed by atoms with Crippen LogP contribution in [0.1, 0.15) is 23.4 Å². The number of nitrogens with zero attached hydrogens (tertiary/aromatic N) is 5. The largest absolute Gasteiger partial charge is 0.341 e. The van der Waals surface area contributed by atoms with Gasteiger partial charge < -0.3 is 4.90 Å². The summed E-state index contributed by atoms with van der Waals surface area (Å²) in [7, 11) is 3.65. The number of aryl methyl sites for hydroxylation is 3. The van der Waals surface area contributed by atoms with Crippen molar-refractivity contribution in [3.8, 4) is 0 Å². The molecule has 0 radical (unpaired) electrons. The third-order valence-electron chi connectivity index (χ3n) is 3.43. The van der Waals surface area contributed by atoms with E-state index in [0.717, 1.165) is 17.0 Å². The lowest BCUT2D eigenvalue weighted by atomic mass is 10.3. The Hall–Kier alpha value is -1.82. The van der Waals surface area contributed by atoms with Crippen LogP contribution >= 0.6 is 11.6 Å². The highest BCUT2D eigenvalue weighted by atomic mass is 35.5. The number of amides is 1. The van der Waals surface area contributed by atoms with Gasteiger partial charge in [0.1, 0.15) is 0 Å². The van der Waals surface area contributed by atoms with Gasteiger partial charge in [-0.15, -0.1) is 0 Å². The molecule has 6 nitrogen and oxygen atoms in total. The first-order valence-electron chi connectivity index (χ1n) is 6.79. The molecule has 7 heteroatoms. The Morgan fingerprint density at radius 2 is 2.14 bits per heavy atom. The maximum Gasteiger partial charge on any atom is 0.224 e. The highest BCUT2D eigenvalue weighted by Gasteiger charge is 2.13. The average molecular weight is 310 g/mol. The van der Waals surface area contributed by atoms with Crippen LogP contribution in [0.4, 0.5) is 0 Å². The fourth-order valence-electron chi connectivity index (χ4n) is 2.20. The zero-order valence-electron chi connectivity index (χ0n) is 12.8. The van der Waals surface area contributed by atoms with Crippen LogP contribution in [0, 0.1) is 13.8 Å². The molecule has 0 N–H and O–H groups in total. The number of hydrogen-bond acceptors (Lipinski definition) is 3. The Bertz CT molecular complexity index is 646. The van der Waals surface area contributed by atoms with Gasteiger partial charge in [0.05, 0.1) is 29.2 Å². The Morgan fingerprint density at radius 1 is 1.43 bits per heavy atom. The number of hydrogen-bond donors (Lipinski definition) is 0. The molecule has 114 valence electrons. The van der Waals surface area contributed by atoms with Gasteiger partial charge in [-0.3, -0.25) is 14.2 Å². The molecule has 21 heavy (non-hydrogen) atoms. The lowest BCUT2D eigenvalue weighted by molar-refractivity contribution is -0.130. The monoisotopic (exact) mass is 309 g/mol. The van der Waals surface area contributed by atoms with Crippen molar-refractivity contribution in [3.05, 3.63) is 34.4 Å². The van der Waals surface area contributed by atoms with Crippen molar-refractivity contribution in [1.29, 1.82) is 0 Å². The highest BCUT2D eigenvalue weighted by molar-refractivity contribution is 6.31. The number of aromatic nitrogens is 4. The lowest BCUT2D eigenvalue weighted by Gasteiger charge is -2.16. The minimum absolute atomic E-state index is 0.0718. The number of halogens is 1. The van der Waals surface area contributed by atoms with Gasteiger partial charge in [0.15, 0.2) is 0 Å². The maximum atomic E-state index is 12.2. The summed E-state index contributed by atoms with van der Waals surface area (Å²) in [6.07, 6.45) is 4.07. The number of carbonyl (C=O) groups excluding carboxylic acids is 1. The molecule has 0 saturated carbocycles. The first-order chi connectivity index (χ1) is 9.88. The SMILES string of the molecule is Cc1nn(CCC(=O)N(C)Cc2cnn(C)c2)c(C)c1Cl. The maximum absolute atomic E-state index is 12.2. The molecule has 1 amide bonds. The van der Waals surface area contributed by atoms with Gasteiger partial charge >= 0.3 is 0 Å². The van der Waals surface area contributed by atoms with E-state index in [-0.39, 0.29) is 5.91 Å². The van der Waals surface area contributed by atoms with Crippen LogP contribution in [-0.4, -0.2) is 37.4 Å². The highest BCUT2D eigenvalue weighted by Crippen LogP contribution is 2.19. The summed E-state index contributed by atoms with van der Waals surface area (Å²) in [5.41, 5.74) is 2.71. The molecule has 0 bridgehead atoms. The minimum atomic E-state index is 0.0718. The Kier molecular flexibility index (Phi) is 4.67. The molecule has 0 fully saturated rings. The second kappa shape index (κ2) is 6.30. The third-order valence-corrected chi connectivity index (χ3v) is 3.98. The van der Waals surface area contributed by atoms with Crippen LogP contribution in [0.15, 0.2) is 12.4 Å². The van der Waals surface area contributed by atoms with E-state index in [4.69, 9.17) is 11.6 Å². The van der Waals surface area contributed by atoms with Crippen molar-refractivity contribution in [2.45, 2.75) is 33.4 Å². The van der Waals surface area contributed by atoms with E-state index in [1.807, 2.05) is 27.1 Å². The van der Waals surface area contributed by atoms with E-state index < -0.39 is 0 Å². The van der Waals surface area contributed by atoms with Gasteiger partial charge in [0, 0.05) is 38.8 Å². The van der Waals surface area contributed by atoms with E-state index in [1.165, 1.54) is 0 Å². The van der Waals surface area contributed by atoms with E-state index in [9.17, 15) is 4.79 Å². The van der Waals surface area contributed by atoms with Gasteiger partial charge in [-0.2, -0.15) is 10.2 Å². The molecule has 0 spiro atoms. The van der Waals surface area contributed by atoms with Crippen molar-refractivity contribution in [2.75, 3.05) is 7.05 Å². The molecule has 0 aliphatic carbocycles. The fourth-order valence-corrected chi connectivity index (χ4v) is 2.34. The van der Waals surface area contributed by atoms with Crippen LogP contribution in [0.3, 0.4) is 0 Å². The van der Waals surface area contributed by atoms with Crippen LogP contribution in [-0.2, 0) is 24.9 Å². The van der Waals surface area contributed by atoms with Crippen molar-refractivity contribution < 1.29 is 4.79 Å². The quantitative estimate of drug-likeness (QED) is 0.848. The van der Waals surface area contributed by atoms with Crippen LogP contribution in [0.25, 0.3) is 0 Å². The Balaban J connectivity index is 1.90. The summed E-state index contributed by atoms with van der Waals surface area (Å²) in [6.45, 7) is 4.87. The molecule has 2 aromatic heterocycles. The van der Waals surface area contributed by atoms with Gasteiger partial charge in [-0.05, 0) is 13.8 Å². The Morgan fingerprint density at radius 3 is 2.67 bits per heavy atom. The van der Waals surface area contributed by atoms with Gasteiger partial charge in [-0.1, -0.05) is 11.6 Å². The molecule has 0 saturated heterocycles. The van der Waals surface area contributed by atoms with Crippen LogP contribution in [0.2, 0.25) is 5.02 Å². The molecule has 0 atom stereocenters.